The maximum atomic E-state index is 13.1. The summed E-state index contributed by atoms with van der Waals surface area (Å²) in [6.45, 7) is 7.79. The molecule has 2 amide bonds. The van der Waals surface area contributed by atoms with E-state index in [1.807, 2.05) is 45.0 Å². The molecule has 1 atom stereocenters. The van der Waals surface area contributed by atoms with Crippen LogP contribution in [-0.4, -0.2) is 106 Å². The predicted molar refractivity (Wildman–Crippen MR) is 179 cm³/mol. The highest BCUT2D eigenvalue weighted by Gasteiger charge is 2.30. The van der Waals surface area contributed by atoms with E-state index < -0.39 is 18.1 Å². The second-order valence-electron chi connectivity index (χ2n) is 11.4. The number of ether oxygens (including phenoxy) is 5. The van der Waals surface area contributed by atoms with Crippen molar-refractivity contribution in [2.45, 2.75) is 44.7 Å². The normalized spacial score (nSPS) is 13.1. The third kappa shape index (κ3) is 11.7. The molecule has 0 aliphatic heterocycles. The topological polar surface area (TPSA) is 113 Å². The maximum Gasteiger partial charge on any atom is 0.407 e. The molecule has 0 heterocycles. The first-order valence-corrected chi connectivity index (χ1v) is 16.6. The lowest BCUT2D eigenvalue weighted by Gasteiger charge is -2.27. The van der Waals surface area contributed by atoms with Gasteiger partial charge < -0.3 is 33.9 Å². The van der Waals surface area contributed by atoms with Crippen LogP contribution in [0.1, 0.15) is 37.8 Å². The largest absolute Gasteiger partial charge is 0.464 e. The van der Waals surface area contributed by atoms with Crippen LogP contribution < -0.4 is 5.32 Å². The molecule has 0 unspecified atom stereocenters. The van der Waals surface area contributed by atoms with E-state index in [0.29, 0.717) is 24.2 Å². The van der Waals surface area contributed by atoms with Crippen LogP contribution in [0.25, 0.3) is 11.1 Å². The molecule has 1 aliphatic rings. The van der Waals surface area contributed by atoms with Crippen molar-refractivity contribution in [1.29, 1.82) is 0 Å². The monoisotopic (exact) mass is 722 g/mol. The Morgan fingerprint density at radius 1 is 0.909 bits per heavy atom. The Kier molecular flexibility index (Phi) is 14.9. The van der Waals surface area contributed by atoms with E-state index in [1.54, 1.807) is 7.85 Å². The average Bonchev–Trinajstić information content (AvgIpc) is 3.32. The Labute approximate surface area is 275 Å². The molecule has 0 saturated heterocycles. The van der Waals surface area contributed by atoms with Crippen molar-refractivity contribution >= 4 is 48.4 Å². The van der Waals surface area contributed by atoms with Crippen molar-refractivity contribution in [3.63, 3.8) is 0 Å². The molecule has 1 aliphatic carbocycles. The zero-order valence-electron chi connectivity index (χ0n) is 26.1. The fourth-order valence-electron chi connectivity index (χ4n) is 4.90. The third-order valence-corrected chi connectivity index (χ3v) is 7.32. The van der Waals surface area contributed by atoms with Crippen LogP contribution in [0.4, 0.5) is 4.79 Å². The van der Waals surface area contributed by atoms with Crippen molar-refractivity contribution in [2.24, 2.45) is 0 Å². The number of rotatable bonds is 18. The zero-order chi connectivity index (χ0) is 32.0. The van der Waals surface area contributed by atoms with Crippen LogP contribution in [0.15, 0.2) is 48.5 Å². The highest BCUT2D eigenvalue weighted by atomic mass is 127. The van der Waals surface area contributed by atoms with Gasteiger partial charge in [-0.2, -0.15) is 0 Å². The van der Waals surface area contributed by atoms with Crippen LogP contribution in [0.3, 0.4) is 0 Å². The number of fused-ring (bicyclic) bond motifs is 3. The highest BCUT2D eigenvalue weighted by molar-refractivity contribution is 14.1. The number of amides is 2. The van der Waals surface area contributed by atoms with Crippen LogP contribution >= 0.6 is 22.6 Å². The second-order valence-corrected chi connectivity index (χ2v) is 12.4. The van der Waals surface area contributed by atoms with E-state index in [1.165, 1.54) is 4.90 Å². The van der Waals surface area contributed by atoms with Gasteiger partial charge in [-0.15, -0.1) is 0 Å². The van der Waals surface area contributed by atoms with Crippen LogP contribution in [-0.2, 0) is 33.3 Å². The minimum absolute atomic E-state index is 0.0521. The number of benzene rings is 2. The van der Waals surface area contributed by atoms with Gasteiger partial charge in [0.15, 0.2) is 0 Å². The molecule has 0 radical (unpaired) electrons. The van der Waals surface area contributed by atoms with E-state index in [9.17, 15) is 14.4 Å². The molecule has 0 aromatic heterocycles. The van der Waals surface area contributed by atoms with Gasteiger partial charge in [-0.25, -0.2) is 4.79 Å². The van der Waals surface area contributed by atoms with Gasteiger partial charge in [0.1, 0.15) is 27.6 Å². The lowest BCUT2D eigenvalue weighted by atomic mass is 9.98. The van der Waals surface area contributed by atoms with Gasteiger partial charge in [-0.3, -0.25) is 9.59 Å². The van der Waals surface area contributed by atoms with Crippen LogP contribution in [0.5, 0.6) is 0 Å². The Morgan fingerprint density at radius 3 is 2.14 bits per heavy atom. The standard InChI is InChI=1S/C32H44BIN2O8/c1-32(2,3)44-17-16-40-14-15-41-21-23(19-36(29(37)18-33)20-30(38)42-13-12-34)35-31(39)43-22-28-26-10-6-4-8-24(26)25-9-5-7-11-27(25)28/h4-11,23,28H,12-22,33H2,1-3H3,(H,35,39)/t23-/m1/s1. The van der Waals surface area contributed by atoms with E-state index >= 15 is 0 Å². The summed E-state index contributed by atoms with van der Waals surface area (Å²) in [7, 11) is 1.72. The van der Waals surface area contributed by atoms with Crippen molar-refractivity contribution in [3.05, 3.63) is 59.7 Å². The second kappa shape index (κ2) is 18.3. The zero-order valence-corrected chi connectivity index (χ0v) is 28.3. The number of carbonyl (C=O) groups excluding carboxylic acids is 3. The summed E-state index contributed by atoms with van der Waals surface area (Å²) in [6.07, 6.45) is -0.435. The first kappa shape index (κ1) is 35.8. The van der Waals surface area contributed by atoms with Gasteiger partial charge in [0.25, 0.3) is 0 Å². The number of alkyl halides is 1. The van der Waals surface area contributed by atoms with Crippen molar-refractivity contribution in [1.82, 2.24) is 10.2 Å². The maximum absolute atomic E-state index is 13.1. The number of esters is 1. The van der Waals surface area contributed by atoms with Gasteiger partial charge in [0.05, 0.1) is 44.7 Å². The summed E-state index contributed by atoms with van der Waals surface area (Å²) >= 11 is 2.11. The molecule has 0 bridgehead atoms. The molecule has 2 aromatic carbocycles. The summed E-state index contributed by atoms with van der Waals surface area (Å²) in [5.74, 6) is -0.832. The molecule has 10 nitrogen and oxygen atoms in total. The van der Waals surface area contributed by atoms with E-state index in [2.05, 4.69) is 52.2 Å². The molecule has 0 saturated carbocycles. The summed E-state index contributed by atoms with van der Waals surface area (Å²) in [6, 6.07) is 15.6. The van der Waals surface area contributed by atoms with E-state index in [4.69, 9.17) is 23.7 Å². The number of hydrogen-bond donors (Lipinski definition) is 1. The number of hydrogen-bond acceptors (Lipinski definition) is 8. The SMILES string of the molecule is BCC(=O)N(CC(=O)OCCI)C[C@H](COCCOCCOC(C)(C)C)NC(=O)OCC1c2ccccc2-c2ccccc21. The first-order valence-electron chi connectivity index (χ1n) is 15.0. The molecule has 12 heteroatoms. The Hall–Kier alpha value is -2.68. The third-order valence-electron chi connectivity index (χ3n) is 6.88. The molecule has 44 heavy (non-hydrogen) atoms. The minimum Gasteiger partial charge on any atom is -0.464 e. The number of halogens is 1. The quantitative estimate of drug-likeness (QED) is 0.0818. The fourth-order valence-corrected chi connectivity index (χ4v) is 5.12. The molecule has 0 spiro atoms. The van der Waals surface area contributed by atoms with E-state index in [-0.39, 0.29) is 63.3 Å². The summed E-state index contributed by atoms with van der Waals surface area (Å²) in [5, 5.41) is 2.85. The van der Waals surface area contributed by atoms with Crippen LogP contribution in [0, 0.1) is 0 Å². The molecule has 0 fully saturated rings. The fraction of sp³-hybridized carbons (Fsp3) is 0.531. The number of alkyl carbamates (subject to hydrolysis) is 1. The van der Waals surface area contributed by atoms with Gasteiger partial charge in [0.2, 0.25) is 5.91 Å². The molecular weight excluding hydrogens is 678 g/mol. The Balaban J connectivity index is 1.60. The van der Waals surface area contributed by atoms with Gasteiger partial charge in [-0.05, 0) is 49.3 Å². The molecule has 3 rings (SSSR count). The Morgan fingerprint density at radius 2 is 1.52 bits per heavy atom. The first-order chi connectivity index (χ1) is 21.1. The summed E-state index contributed by atoms with van der Waals surface area (Å²) in [4.78, 5) is 39.5. The van der Waals surface area contributed by atoms with E-state index in [0.717, 1.165) is 22.3 Å². The van der Waals surface area contributed by atoms with Crippen molar-refractivity contribution in [2.75, 3.05) is 63.8 Å². The molecule has 2 aromatic rings. The highest BCUT2D eigenvalue weighted by Crippen LogP contribution is 2.44. The lowest BCUT2D eigenvalue weighted by Crippen LogP contribution is -2.50. The number of nitrogens with zero attached hydrogens (tertiary/aromatic N) is 1. The molecule has 1 N–H and O–H groups in total. The van der Waals surface area contributed by atoms with Gasteiger partial charge in [-0.1, -0.05) is 71.1 Å². The predicted octanol–water partition coefficient (Wildman–Crippen LogP) is 3.60. The molecule has 240 valence electrons. The minimum atomic E-state index is -0.636. The van der Waals surface area contributed by atoms with Crippen molar-refractivity contribution in [3.8, 4) is 11.1 Å². The smallest absolute Gasteiger partial charge is 0.407 e. The summed E-state index contributed by atoms with van der Waals surface area (Å²) in [5.41, 5.74) is 4.26. The van der Waals surface area contributed by atoms with Crippen LogP contribution in [0.2, 0.25) is 6.32 Å². The van der Waals surface area contributed by atoms with Gasteiger partial charge in [0, 0.05) is 16.9 Å². The number of nitrogens with one attached hydrogen (secondary N) is 1. The summed E-state index contributed by atoms with van der Waals surface area (Å²) < 4.78 is 28.6. The Bertz CT molecular complexity index is 1180. The number of carbonyl (C=O) groups is 3. The average molecular weight is 722 g/mol. The van der Waals surface area contributed by atoms with Gasteiger partial charge >= 0.3 is 12.1 Å². The van der Waals surface area contributed by atoms with Crippen molar-refractivity contribution < 1.29 is 38.1 Å². The molecular formula is C32H44BIN2O8. The lowest BCUT2D eigenvalue weighted by molar-refractivity contribution is -0.148.